The van der Waals surface area contributed by atoms with Gasteiger partial charge in [-0.15, -0.1) is 0 Å². The molecule has 2 aromatic heterocycles. The highest BCUT2D eigenvalue weighted by atomic mass is 32.2. The minimum Gasteiger partial charge on any atom is -0.383 e. The fourth-order valence-corrected chi connectivity index (χ4v) is 5.20. The van der Waals surface area contributed by atoms with Crippen molar-refractivity contribution in [1.29, 1.82) is 5.26 Å². The van der Waals surface area contributed by atoms with Crippen molar-refractivity contribution in [1.82, 2.24) is 9.97 Å². The summed E-state index contributed by atoms with van der Waals surface area (Å²) in [5.41, 5.74) is 9.44. The van der Waals surface area contributed by atoms with Gasteiger partial charge in [-0.3, -0.25) is 4.79 Å². The number of nitrogens with zero attached hydrogens (tertiary/aromatic N) is 4. The molecule has 0 unspecified atom stereocenters. The van der Waals surface area contributed by atoms with Crippen LogP contribution in [0, 0.1) is 17.1 Å². The highest BCUT2D eigenvalue weighted by molar-refractivity contribution is 7.90. The fraction of sp³-hybridized carbons (Fsp3) is 0.154. The number of benzene rings is 2. The number of fused-ring (bicyclic) bond motifs is 3. The first-order valence-corrected chi connectivity index (χ1v) is 13.0. The molecule has 0 radical (unpaired) electrons. The van der Waals surface area contributed by atoms with Crippen molar-refractivity contribution in [3.05, 3.63) is 88.5 Å². The summed E-state index contributed by atoms with van der Waals surface area (Å²) < 4.78 is 44.7. The Hall–Kier alpha value is -4.40. The highest BCUT2D eigenvalue weighted by Gasteiger charge is 2.26. The standard InChI is InChI=1S/C26H20FN5O4S/c1-37(34,35)24-9-17(27)4-7-23(24)32(26(33)16-3-5-18(10-28)30-11-16)12-15-2-6-19-20-13-36-14-21(20)25(29)31-22(19)8-15/h2-9,11H,12-14H2,1H3,(H2,29,31). The molecule has 37 heavy (non-hydrogen) atoms. The Morgan fingerprint density at radius 3 is 2.65 bits per heavy atom. The molecule has 3 heterocycles. The van der Waals surface area contributed by atoms with Gasteiger partial charge in [-0.2, -0.15) is 5.26 Å². The SMILES string of the molecule is CS(=O)(=O)c1cc(F)ccc1N(Cc1ccc2c3c(c(N)nc2c1)COC3)C(=O)c1ccc(C#N)nc1. The van der Waals surface area contributed by atoms with Gasteiger partial charge < -0.3 is 15.4 Å². The molecule has 4 aromatic rings. The van der Waals surface area contributed by atoms with E-state index in [1.54, 1.807) is 12.1 Å². The Bertz CT molecular complexity index is 1720. The maximum Gasteiger partial charge on any atom is 0.260 e. The third-order valence-corrected chi connectivity index (χ3v) is 7.24. The number of nitrogen functional groups attached to an aromatic ring is 1. The molecule has 0 saturated heterocycles. The number of hydrogen-bond donors (Lipinski definition) is 1. The lowest BCUT2D eigenvalue weighted by Gasteiger charge is -2.25. The average Bonchev–Trinajstić information content (AvgIpc) is 3.38. The molecule has 186 valence electrons. The lowest BCUT2D eigenvalue weighted by atomic mass is 10.0. The smallest absolute Gasteiger partial charge is 0.260 e. The van der Waals surface area contributed by atoms with Crippen LogP contribution in [0.25, 0.3) is 10.9 Å². The number of carbonyl (C=O) groups is 1. The van der Waals surface area contributed by atoms with Crippen molar-refractivity contribution < 1.29 is 22.3 Å². The minimum atomic E-state index is -3.90. The molecular formula is C26H20FN5O4S. The van der Waals surface area contributed by atoms with Crippen molar-refractivity contribution in [3.8, 4) is 6.07 Å². The Kier molecular flexibility index (Phi) is 6.07. The number of pyridine rings is 2. The van der Waals surface area contributed by atoms with Gasteiger partial charge in [0.15, 0.2) is 9.84 Å². The second-order valence-electron chi connectivity index (χ2n) is 8.62. The monoisotopic (exact) mass is 517 g/mol. The van der Waals surface area contributed by atoms with Crippen LogP contribution in [0.4, 0.5) is 15.9 Å². The lowest BCUT2D eigenvalue weighted by Crippen LogP contribution is -2.32. The third kappa shape index (κ3) is 4.60. The van der Waals surface area contributed by atoms with E-state index in [-0.39, 0.29) is 28.4 Å². The number of hydrogen-bond acceptors (Lipinski definition) is 8. The summed E-state index contributed by atoms with van der Waals surface area (Å²) >= 11 is 0. The summed E-state index contributed by atoms with van der Waals surface area (Å²) in [6.07, 6.45) is 2.19. The molecule has 0 fully saturated rings. The van der Waals surface area contributed by atoms with Gasteiger partial charge in [-0.1, -0.05) is 12.1 Å². The maximum absolute atomic E-state index is 14.1. The molecule has 0 aliphatic carbocycles. The number of ether oxygens (including phenoxy) is 1. The van der Waals surface area contributed by atoms with E-state index in [0.29, 0.717) is 30.1 Å². The van der Waals surface area contributed by atoms with Gasteiger partial charge in [0.25, 0.3) is 5.91 Å². The van der Waals surface area contributed by atoms with Crippen molar-refractivity contribution in [2.45, 2.75) is 24.7 Å². The van der Waals surface area contributed by atoms with Crippen molar-refractivity contribution in [3.63, 3.8) is 0 Å². The summed E-state index contributed by atoms with van der Waals surface area (Å²) in [5, 5.41) is 9.91. The van der Waals surface area contributed by atoms with Crippen molar-refractivity contribution >= 4 is 38.2 Å². The molecule has 1 amide bonds. The molecule has 0 spiro atoms. The Morgan fingerprint density at radius 2 is 1.95 bits per heavy atom. The van der Waals surface area contributed by atoms with E-state index in [0.717, 1.165) is 34.9 Å². The van der Waals surface area contributed by atoms with Gasteiger partial charge >= 0.3 is 0 Å². The fourth-order valence-electron chi connectivity index (χ4n) is 4.32. The van der Waals surface area contributed by atoms with Crippen LogP contribution in [-0.2, 0) is 34.3 Å². The Balaban J connectivity index is 1.63. The zero-order chi connectivity index (χ0) is 26.3. The molecule has 2 aromatic carbocycles. The number of carbonyl (C=O) groups excluding carboxylic acids is 1. The van der Waals surface area contributed by atoms with Gasteiger partial charge in [0.2, 0.25) is 0 Å². The predicted molar refractivity (Wildman–Crippen MR) is 134 cm³/mol. The molecule has 0 saturated carbocycles. The number of rotatable bonds is 5. The van der Waals surface area contributed by atoms with Crippen LogP contribution in [0.3, 0.4) is 0 Å². The van der Waals surface area contributed by atoms with Crippen molar-refractivity contribution in [2.75, 3.05) is 16.9 Å². The third-order valence-electron chi connectivity index (χ3n) is 6.12. The minimum absolute atomic E-state index is 0.00758. The molecule has 1 aliphatic heterocycles. The molecular weight excluding hydrogens is 497 g/mol. The number of halogens is 1. The van der Waals surface area contributed by atoms with Crippen LogP contribution < -0.4 is 10.6 Å². The first-order chi connectivity index (χ1) is 17.7. The number of nitriles is 1. The molecule has 2 N–H and O–H groups in total. The second-order valence-corrected chi connectivity index (χ2v) is 10.6. The second kappa shape index (κ2) is 9.24. The normalized spacial score (nSPS) is 12.8. The van der Waals surface area contributed by atoms with Gasteiger partial charge in [0.1, 0.15) is 23.4 Å². The first kappa shape index (κ1) is 24.3. The number of nitrogens with two attached hydrogens (primary N) is 1. The van der Waals surface area contributed by atoms with Crippen LogP contribution in [-0.4, -0.2) is 30.5 Å². The molecule has 0 bridgehead atoms. The topological polar surface area (TPSA) is 139 Å². The first-order valence-electron chi connectivity index (χ1n) is 11.1. The quantitative estimate of drug-likeness (QED) is 0.424. The predicted octanol–water partition coefficient (Wildman–Crippen LogP) is 3.50. The summed E-state index contributed by atoms with van der Waals surface area (Å²) in [7, 11) is -3.90. The van der Waals surface area contributed by atoms with E-state index in [9.17, 15) is 17.6 Å². The van der Waals surface area contributed by atoms with E-state index in [2.05, 4.69) is 9.97 Å². The average molecular weight is 518 g/mol. The number of aromatic nitrogens is 2. The molecule has 1 aliphatic rings. The Labute approximate surface area is 211 Å². The van der Waals surface area contributed by atoms with E-state index in [1.165, 1.54) is 29.3 Å². The largest absolute Gasteiger partial charge is 0.383 e. The van der Waals surface area contributed by atoms with E-state index < -0.39 is 21.6 Å². The summed E-state index contributed by atoms with van der Waals surface area (Å²) in [6.45, 7) is 0.755. The lowest BCUT2D eigenvalue weighted by molar-refractivity contribution is 0.0984. The van der Waals surface area contributed by atoms with Gasteiger partial charge in [-0.05, 0) is 47.5 Å². The molecule has 9 nitrogen and oxygen atoms in total. The van der Waals surface area contributed by atoms with E-state index in [4.69, 9.17) is 15.7 Å². The van der Waals surface area contributed by atoms with E-state index >= 15 is 0 Å². The number of sulfone groups is 1. The number of amides is 1. The van der Waals surface area contributed by atoms with E-state index in [1.807, 2.05) is 12.1 Å². The van der Waals surface area contributed by atoms with Crippen LogP contribution in [0.2, 0.25) is 0 Å². The summed E-state index contributed by atoms with van der Waals surface area (Å²) in [5.74, 6) is -0.965. The van der Waals surface area contributed by atoms with Gasteiger partial charge in [0, 0.05) is 23.4 Å². The van der Waals surface area contributed by atoms with Crippen LogP contribution >= 0.6 is 0 Å². The van der Waals surface area contributed by atoms with Gasteiger partial charge in [0.05, 0.1) is 41.4 Å². The molecule has 0 atom stereocenters. The zero-order valence-corrected chi connectivity index (χ0v) is 20.4. The number of anilines is 2. The van der Waals surface area contributed by atoms with Crippen LogP contribution in [0.1, 0.15) is 32.7 Å². The Morgan fingerprint density at radius 1 is 1.16 bits per heavy atom. The van der Waals surface area contributed by atoms with Crippen LogP contribution in [0.15, 0.2) is 59.6 Å². The molecule has 11 heteroatoms. The van der Waals surface area contributed by atoms with Crippen molar-refractivity contribution in [2.24, 2.45) is 0 Å². The zero-order valence-electron chi connectivity index (χ0n) is 19.6. The maximum atomic E-state index is 14.1. The summed E-state index contributed by atoms with van der Waals surface area (Å²) in [4.78, 5) is 23.0. The van der Waals surface area contributed by atoms with Gasteiger partial charge in [-0.25, -0.2) is 22.8 Å². The van der Waals surface area contributed by atoms with Crippen LogP contribution in [0.5, 0.6) is 0 Å². The highest BCUT2D eigenvalue weighted by Crippen LogP contribution is 2.33. The summed E-state index contributed by atoms with van der Waals surface area (Å²) in [6, 6.07) is 13.4. The molecule has 5 rings (SSSR count).